The SMILES string of the molecule is CCCC(O)CNc1c(N)ccc(F)c1F. The summed E-state index contributed by atoms with van der Waals surface area (Å²) in [6, 6.07) is 2.26. The molecule has 0 bridgehead atoms. The molecule has 0 saturated heterocycles. The van der Waals surface area contributed by atoms with Gasteiger partial charge >= 0.3 is 0 Å². The lowest BCUT2D eigenvalue weighted by atomic mass is 10.2. The largest absolute Gasteiger partial charge is 0.397 e. The van der Waals surface area contributed by atoms with Crippen LogP contribution in [-0.2, 0) is 0 Å². The van der Waals surface area contributed by atoms with Crippen LogP contribution in [-0.4, -0.2) is 17.8 Å². The molecule has 3 nitrogen and oxygen atoms in total. The number of rotatable bonds is 5. The molecule has 0 heterocycles. The summed E-state index contributed by atoms with van der Waals surface area (Å²) in [5.41, 5.74) is 5.54. The van der Waals surface area contributed by atoms with Crippen molar-refractivity contribution < 1.29 is 13.9 Å². The molecule has 0 saturated carbocycles. The zero-order valence-corrected chi connectivity index (χ0v) is 9.13. The maximum atomic E-state index is 13.3. The van der Waals surface area contributed by atoms with E-state index in [1.54, 1.807) is 0 Å². The van der Waals surface area contributed by atoms with Gasteiger partial charge in [-0.25, -0.2) is 8.78 Å². The number of aliphatic hydroxyl groups excluding tert-OH is 1. The van der Waals surface area contributed by atoms with Gasteiger partial charge in [-0.15, -0.1) is 0 Å². The molecule has 0 fully saturated rings. The van der Waals surface area contributed by atoms with Gasteiger partial charge in [-0.1, -0.05) is 13.3 Å². The second-order valence-electron chi connectivity index (χ2n) is 3.65. The predicted molar refractivity (Wildman–Crippen MR) is 60.2 cm³/mol. The average molecular weight is 230 g/mol. The number of nitrogens with two attached hydrogens (primary N) is 1. The molecule has 4 N–H and O–H groups in total. The Balaban J connectivity index is 2.70. The zero-order chi connectivity index (χ0) is 12.1. The summed E-state index contributed by atoms with van der Waals surface area (Å²) < 4.78 is 26.2. The van der Waals surface area contributed by atoms with Crippen molar-refractivity contribution in [2.75, 3.05) is 17.6 Å². The summed E-state index contributed by atoms with van der Waals surface area (Å²) in [5, 5.41) is 12.1. The summed E-state index contributed by atoms with van der Waals surface area (Å²) in [4.78, 5) is 0. The van der Waals surface area contributed by atoms with Crippen molar-refractivity contribution in [2.45, 2.75) is 25.9 Å². The van der Waals surface area contributed by atoms with Crippen molar-refractivity contribution >= 4 is 11.4 Å². The van der Waals surface area contributed by atoms with Crippen molar-refractivity contribution in [3.63, 3.8) is 0 Å². The molecule has 1 aromatic carbocycles. The van der Waals surface area contributed by atoms with Crippen LogP contribution >= 0.6 is 0 Å². The molecule has 1 unspecified atom stereocenters. The van der Waals surface area contributed by atoms with E-state index in [1.165, 1.54) is 6.07 Å². The third-order valence-corrected chi connectivity index (χ3v) is 2.26. The van der Waals surface area contributed by atoms with E-state index in [9.17, 15) is 13.9 Å². The lowest BCUT2D eigenvalue weighted by Crippen LogP contribution is -2.20. The van der Waals surface area contributed by atoms with E-state index in [0.717, 1.165) is 12.5 Å². The summed E-state index contributed by atoms with van der Waals surface area (Å²) in [5.74, 6) is -1.97. The lowest BCUT2D eigenvalue weighted by molar-refractivity contribution is 0.176. The van der Waals surface area contributed by atoms with E-state index in [-0.39, 0.29) is 17.9 Å². The maximum absolute atomic E-state index is 13.3. The van der Waals surface area contributed by atoms with Crippen molar-refractivity contribution in [1.29, 1.82) is 0 Å². The first-order valence-electron chi connectivity index (χ1n) is 5.21. The van der Waals surface area contributed by atoms with Crippen LogP contribution in [0.25, 0.3) is 0 Å². The molecule has 0 amide bonds. The van der Waals surface area contributed by atoms with E-state index >= 15 is 0 Å². The Kier molecular flexibility index (Phi) is 4.49. The van der Waals surface area contributed by atoms with Gasteiger partial charge in [-0.2, -0.15) is 0 Å². The highest BCUT2D eigenvalue weighted by atomic mass is 19.2. The highest BCUT2D eigenvalue weighted by molar-refractivity contribution is 5.66. The molecule has 0 aliphatic heterocycles. The molecule has 0 aliphatic carbocycles. The van der Waals surface area contributed by atoms with Gasteiger partial charge in [0, 0.05) is 6.54 Å². The third kappa shape index (κ3) is 3.06. The highest BCUT2D eigenvalue weighted by Gasteiger charge is 2.12. The van der Waals surface area contributed by atoms with Crippen molar-refractivity contribution in [1.82, 2.24) is 0 Å². The van der Waals surface area contributed by atoms with E-state index in [4.69, 9.17) is 5.73 Å². The van der Waals surface area contributed by atoms with Crippen molar-refractivity contribution in [2.24, 2.45) is 0 Å². The minimum absolute atomic E-state index is 0.0878. The first-order chi connectivity index (χ1) is 7.56. The van der Waals surface area contributed by atoms with Crippen molar-refractivity contribution in [3.05, 3.63) is 23.8 Å². The van der Waals surface area contributed by atoms with Crippen LogP contribution in [0.3, 0.4) is 0 Å². The standard InChI is InChI=1S/C11H16F2N2O/c1-2-3-7(16)6-15-11-9(14)5-4-8(12)10(11)13/h4-5,7,15-16H,2-3,6,14H2,1H3. The van der Waals surface area contributed by atoms with E-state index in [1.807, 2.05) is 6.92 Å². The summed E-state index contributed by atoms with van der Waals surface area (Å²) in [6.07, 6.45) is 0.834. The van der Waals surface area contributed by atoms with E-state index < -0.39 is 17.7 Å². The van der Waals surface area contributed by atoms with Crippen LogP contribution in [0, 0.1) is 11.6 Å². The van der Waals surface area contributed by atoms with E-state index in [2.05, 4.69) is 5.32 Å². The maximum Gasteiger partial charge on any atom is 0.183 e. The topological polar surface area (TPSA) is 58.3 Å². The van der Waals surface area contributed by atoms with Gasteiger partial charge in [0.1, 0.15) is 0 Å². The fourth-order valence-corrected chi connectivity index (χ4v) is 1.40. The zero-order valence-electron chi connectivity index (χ0n) is 9.13. The van der Waals surface area contributed by atoms with Gasteiger partial charge in [-0.05, 0) is 18.6 Å². The second kappa shape index (κ2) is 5.65. The number of nitrogens with one attached hydrogen (secondary N) is 1. The first kappa shape index (κ1) is 12.7. The smallest absolute Gasteiger partial charge is 0.183 e. The van der Waals surface area contributed by atoms with Gasteiger partial charge in [-0.3, -0.25) is 0 Å². The quantitative estimate of drug-likeness (QED) is 0.679. The molecule has 5 heteroatoms. The predicted octanol–water partition coefficient (Wildman–Crippen LogP) is 2.12. The summed E-state index contributed by atoms with van der Waals surface area (Å²) in [6.45, 7) is 2.08. The van der Waals surface area contributed by atoms with Crippen LogP contribution in [0.4, 0.5) is 20.2 Å². The molecule has 90 valence electrons. The van der Waals surface area contributed by atoms with Crippen LogP contribution in [0.2, 0.25) is 0 Å². The van der Waals surface area contributed by atoms with Gasteiger partial charge < -0.3 is 16.2 Å². The van der Waals surface area contributed by atoms with Gasteiger partial charge in [0.25, 0.3) is 0 Å². The van der Waals surface area contributed by atoms with E-state index in [0.29, 0.717) is 6.42 Å². The molecule has 0 radical (unpaired) electrons. The lowest BCUT2D eigenvalue weighted by Gasteiger charge is -2.14. The Hall–Kier alpha value is -1.36. The van der Waals surface area contributed by atoms with Gasteiger partial charge in [0.2, 0.25) is 0 Å². The number of aliphatic hydroxyl groups is 1. The minimum Gasteiger partial charge on any atom is -0.397 e. The normalized spacial score (nSPS) is 12.5. The van der Waals surface area contributed by atoms with Crippen LogP contribution in [0.5, 0.6) is 0 Å². The Morgan fingerprint density at radius 2 is 2.12 bits per heavy atom. The molecule has 0 aromatic heterocycles. The number of benzene rings is 1. The fraction of sp³-hybridized carbons (Fsp3) is 0.455. The third-order valence-electron chi connectivity index (χ3n) is 2.26. The molecule has 1 rings (SSSR count). The molecule has 1 aromatic rings. The molecule has 0 spiro atoms. The first-order valence-corrected chi connectivity index (χ1v) is 5.21. The number of hydrogen-bond acceptors (Lipinski definition) is 3. The average Bonchev–Trinajstić information content (AvgIpc) is 2.24. The summed E-state index contributed by atoms with van der Waals surface area (Å²) in [7, 11) is 0. The Labute approximate surface area is 93.3 Å². The van der Waals surface area contributed by atoms with Crippen LogP contribution in [0.1, 0.15) is 19.8 Å². The molecule has 16 heavy (non-hydrogen) atoms. The highest BCUT2D eigenvalue weighted by Crippen LogP contribution is 2.24. The van der Waals surface area contributed by atoms with Gasteiger partial charge in [0.15, 0.2) is 11.6 Å². The number of hydrogen-bond donors (Lipinski definition) is 3. The monoisotopic (exact) mass is 230 g/mol. The van der Waals surface area contributed by atoms with Gasteiger partial charge in [0.05, 0.1) is 17.5 Å². The number of anilines is 2. The second-order valence-corrected chi connectivity index (χ2v) is 3.65. The molecule has 1 atom stereocenters. The number of halogens is 2. The van der Waals surface area contributed by atoms with Crippen LogP contribution < -0.4 is 11.1 Å². The molecular weight excluding hydrogens is 214 g/mol. The Bertz CT molecular complexity index is 358. The fourth-order valence-electron chi connectivity index (χ4n) is 1.40. The summed E-state index contributed by atoms with van der Waals surface area (Å²) >= 11 is 0. The Morgan fingerprint density at radius 3 is 2.75 bits per heavy atom. The molecular formula is C11H16F2N2O. The minimum atomic E-state index is -1.01. The van der Waals surface area contributed by atoms with Crippen molar-refractivity contribution in [3.8, 4) is 0 Å². The Morgan fingerprint density at radius 1 is 1.44 bits per heavy atom. The molecule has 0 aliphatic rings. The van der Waals surface area contributed by atoms with Crippen LogP contribution in [0.15, 0.2) is 12.1 Å². The number of nitrogen functional groups attached to an aromatic ring is 1.